The van der Waals surface area contributed by atoms with E-state index >= 15 is 0 Å². The molecule has 0 spiro atoms. The maximum absolute atomic E-state index is 12.0. The number of nitrogens with zero attached hydrogens (tertiary/aromatic N) is 3. The van der Waals surface area contributed by atoms with Crippen molar-refractivity contribution in [2.75, 3.05) is 18.5 Å². The van der Waals surface area contributed by atoms with Crippen LogP contribution >= 0.6 is 11.3 Å². The van der Waals surface area contributed by atoms with Gasteiger partial charge in [0, 0.05) is 17.0 Å². The van der Waals surface area contributed by atoms with Gasteiger partial charge in [-0.15, -0.1) is 11.3 Å². The highest BCUT2D eigenvalue weighted by molar-refractivity contribution is 7.12. The molecule has 9 heteroatoms. The smallest absolute Gasteiger partial charge is 0.397 e. The number of anilines is 1. The number of rotatable bonds is 6. The molecule has 2 heterocycles. The fourth-order valence-electron chi connectivity index (χ4n) is 2.48. The third-order valence-corrected chi connectivity index (χ3v) is 4.48. The molecule has 1 aromatic carbocycles. The molecule has 0 bridgehead atoms. The molecule has 0 saturated heterocycles. The fourth-order valence-corrected chi connectivity index (χ4v) is 3.28. The molecule has 0 fully saturated rings. The lowest BCUT2D eigenvalue weighted by Crippen LogP contribution is -2.26. The van der Waals surface area contributed by atoms with Gasteiger partial charge in [0.25, 0.3) is 0 Å². The average Bonchev–Trinajstić information content (AvgIpc) is 3.29. The van der Waals surface area contributed by atoms with E-state index in [0.717, 1.165) is 17.0 Å². The summed E-state index contributed by atoms with van der Waals surface area (Å²) < 4.78 is 11.7. The van der Waals surface area contributed by atoms with Crippen LogP contribution in [0.1, 0.15) is 19.5 Å². The standard InChI is InChI=1S/C19H20N4O4S/c1-4-26-14-8-6-13(7-9-14)15-11-28-19(20-15)23-16(10-12(3)22-23)21-17(24)18(25)27-5-2/h6-11H,4-5H2,1-3H3,(H,21,24). The topological polar surface area (TPSA) is 95.3 Å². The summed E-state index contributed by atoms with van der Waals surface area (Å²) in [6.45, 7) is 6.10. The molecule has 2 aromatic heterocycles. The highest BCUT2D eigenvalue weighted by atomic mass is 32.1. The van der Waals surface area contributed by atoms with Crippen LogP contribution in [0.25, 0.3) is 16.4 Å². The van der Waals surface area contributed by atoms with Gasteiger partial charge in [0.1, 0.15) is 11.6 Å². The van der Waals surface area contributed by atoms with E-state index in [1.165, 1.54) is 16.0 Å². The number of ether oxygens (including phenoxy) is 2. The van der Waals surface area contributed by atoms with Crippen molar-refractivity contribution < 1.29 is 19.1 Å². The van der Waals surface area contributed by atoms with E-state index < -0.39 is 11.9 Å². The molecule has 0 aliphatic rings. The molecule has 0 saturated carbocycles. The van der Waals surface area contributed by atoms with E-state index in [1.807, 2.05) is 36.6 Å². The number of nitrogens with one attached hydrogen (secondary N) is 1. The van der Waals surface area contributed by atoms with E-state index in [-0.39, 0.29) is 6.61 Å². The minimum Gasteiger partial charge on any atom is -0.494 e. The number of carbonyl (C=O) groups excluding carboxylic acids is 2. The summed E-state index contributed by atoms with van der Waals surface area (Å²) >= 11 is 1.38. The van der Waals surface area contributed by atoms with E-state index in [0.29, 0.717) is 23.3 Å². The van der Waals surface area contributed by atoms with Crippen molar-refractivity contribution in [3.8, 4) is 22.1 Å². The van der Waals surface area contributed by atoms with E-state index in [4.69, 9.17) is 9.47 Å². The molecule has 0 atom stereocenters. The number of aromatic nitrogens is 3. The first-order valence-corrected chi connectivity index (χ1v) is 9.63. The molecule has 0 radical (unpaired) electrons. The highest BCUT2D eigenvalue weighted by Crippen LogP contribution is 2.27. The lowest BCUT2D eigenvalue weighted by atomic mass is 10.2. The number of hydrogen-bond acceptors (Lipinski definition) is 7. The average molecular weight is 400 g/mol. The van der Waals surface area contributed by atoms with E-state index in [1.54, 1.807) is 19.9 Å². The Bertz CT molecular complexity index is 978. The van der Waals surface area contributed by atoms with Crippen LogP contribution in [0.5, 0.6) is 5.75 Å². The summed E-state index contributed by atoms with van der Waals surface area (Å²) in [5, 5.41) is 9.35. The number of benzene rings is 1. The zero-order chi connectivity index (χ0) is 20.1. The monoisotopic (exact) mass is 400 g/mol. The second kappa shape index (κ2) is 8.66. The maximum atomic E-state index is 12.0. The molecule has 0 aliphatic heterocycles. The summed E-state index contributed by atoms with van der Waals surface area (Å²) in [4.78, 5) is 28.1. The molecule has 8 nitrogen and oxygen atoms in total. The Kier molecular flexibility index (Phi) is 6.05. The number of esters is 1. The van der Waals surface area contributed by atoms with Gasteiger partial charge in [-0.3, -0.25) is 4.79 Å². The molecule has 146 valence electrons. The molecular formula is C19H20N4O4S. The summed E-state index contributed by atoms with van der Waals surface area (Å²) in [6, 6.07) is 9.31. The zero-order valence-electron chi connectivity index (χ0n) is 15.8. The molecule has 0 unspecified atom stereocenters. The van der Waals surface area contributed by atoms with Crippen LogP contribution in [0.3, 0.4) is 0 Å². The Morgan fingerprint density at radius 3 is 2.61 bits per heavy atom. The normalized spacial score (nSPS) is 10.5. The lowest BCUT2D eigenvalue weighted by Gasteiger charge is -2.06. The second-order valence-electron chi connectivity index (χ2n) is 5.73. The predicted molar refractivity (Wildman–Crippen MR) is 106 cm³/mol. The van der Waals surface area contributed by atoms with Gasteiger partial charge in [0.2, 0.25) is 5.13 Å². The number of amides is 1. The number of thiazole rings is 1. The van der Waals surface area contributed by atoms with Gasteiger partial charge in [0.05, 0.1) is 24.6 Å². The van der Waals surface area contributed by atoms with Gasteiger partial charge >= 0.3 is 11.9 Å². The summed E-state index contributed by atoms with van der Waals surface area (Å²) in [7, 11) is 0. The van der Waals surface area contributed by atoms with Crippen LogP contribution in [0.15, 0.2) is 35.7 Å². The second-order valence-corrected chi connectivity index (χ2v) is 6.57. The van der Waals surface area contributed by atoms with Gasteiger partial charge in [-0.1, -0.05) is 0 Å². The Balaban J connectivity index is 1.83. The fraction of sp³-hybridized carbons (Fsp3) is 0.263. The summed E-state index contributed by atoms with van der Waals surface area (Å²) in [5.41, 5.74) is 2.39. The van der Waals surface area contributed by atoms with Crippen LogP contribution in [-0.4, -0.2) is 39.9 Å². The largest absolute Gasteiger partial charge is 0.494 e. The van der Waals surface area contributed by atoms with Crippen molar-refractivity contribution in [1.82, 2.24) is 14.8 Å². The Hall–Kier alpha value is -3.20. The molecule has 1 amide bonds. The minimum absolute atomic E-state index is 0.127. The van der Waals surface area contributed by atoms with Crippen molar-refractivity contribution in [2.45, 2.75) is 20.8 Å². The zero-order valence-corrected chi connectivity index (χ0v) is 16.6. The Morgan fingerprint density at radius 2 is 1.93 bits per heavy atom. The third kappa shape index (κ3) is 4.37. The van der Waals surface area contributed by atoms with Gasteiger partial charge in [0.15, 0.2) is 0 Å². The van der Waals surface area contributed by atoms with Gasteiger partial charge in [-0.05, 0) is 45.0 Å². The molecule has 3 aromatic rings. The molecule has 28 heavy (non-hydrogen) atoms. The Morgan fingerprint density at radius 1 is 1.18 bits per heavy atom. The van der Waals surface area contributed by atoms with Crippen molar-refractivity contribution in [3.05, 3.63) is 41.4 Å². The van der Waals surface area contributed by atoms with Crippen LogP contribution in [0, 0.1) is 6.92 Å². The lowest BCUT2D eigenvalue weighted by molar-refractivity contribution is -0.152. The maximum Gasteiger partial charge on any atom is 0.397 e. The van der Waals surface area contributed by atoms with Gasteiger partial charge in [-0.25, -0.2) is 9.78 Å². The number of hydrogen-bond donors (Lipinski definition) is 1. The quantitative estimate of drug-likeness (QED) is 0.504. The molecule has 3 rings (SSSR count). The van der Waals surface area contributed by atoms with Crippen molar-refractivity contribution >= 4 is 29.0 Å². The van der Waals surface area contributed by atoms with Gasteiger partial charge < -0.3 is 14.8 Å². The summed E-state index contributed by atoms with van der Waals surface area (Å²) in [6.07, 6.45) is 0. The molecule has 1 N–H and O–H groups in total. The van der Waals surface area contributed by atoms with Crippen molar-refractivity contribution in [2.24, 2.45) is 0 Å². The molecular weight excluding hydrogens is 380 g/mol. The van der Waals surface area contributed by atoms with Crippen LogP contribution in [0.4, 0.5) is 5.82 Å². The molecule has 0 aliphatic carbocycles. The van der Waals surface area contributed by atoms with Crippen LogP contribution < -0.4 is 10.1 Å². The van der Waals surface area contributed by atoms with Crippen LogP contribution in [-0.2, 0) is 14.3 Å². The predicted octanol–water partition coefficient (Wildman–Crippen LogP) is 3.20. The number of carbonyl (C=O) groups is 2. The first kappa shape index (κ1) is 19.6. The summed E-state index contributed by atoms with van der Waals surface area (Å²) in [5.74, 6) is -0.648. The Labute approximate surface area is 166 Å². The van der Waals surface area contributed by atoms with Crippen molar-refractivity contribution in [1.29, 1.82) is 0 Å². The number of aryl methyl sites for hydroxylation is 1. The first-order valence-electron chi connectivity index (χ1n) is 8.75. The minimum atomic E-state index is -0.942. The van der Waals surface area contributed by atoms with E-state index in [2.05, 4.69) is 15.4 Å². The third-order valence-electron chi connectivity index (χ3n) is 3.67. The van der Waals surface area contributed by atoms with Crippen molar-refractivity contribution in [3.63, 3.8) is 0 Å². The van der Waals surface area contributed by atoms with Gasteiger partial charge in [-0.2, -0.15) is 9.78 Å². The first-order chi connectivity index (χ1) is 13.5. The highest BCUT2D eigenvalue weighted by Gasteiger charge is 2.19. The van der Waals surface area contributed by atoms with E-state index in [9.17, 15) is 9.59 Å². The SMILES string of the molecule is CCOC(=O)C(=O)Nc1cc(C)nn1-c1nc(-c2ccc(OCC)cc2)cs1. The van der Waals surface area contributed by atoms with Crippen LogP contribution in [0.2, 0.25) is 0 Å².